The van der Waals surface area contributed by atoms with Gasteiger partial charge in [-0.25, -0.2) is 13.4 Å². The third kappa shape index (κ3) is 4.00. The Balaban J connectivity index is 1.46. The van der Waals surface area contributed by atoms with E-state index in [1.165, 1.54) is 24.6 Å². The lowest BCUT2D eigenvalue weighted by Gasteiger charge is -2.33. The van der Waals surface area contributed by atoms with Crippen molar-refractivity contribution in [1.29, 1.82) is 0 Å². The lowest BCUT2D eigenvalue weighted by molar-refractivity contribution is 0.169. The molecule has 0 N–H and O–H groups in total. The van der Waals surface area contributed by atoms with Crippen molar-refractivity contribution >= 4 is 21.1 Å². The number of fused-ring (bicyclic) bond motifs is 1. The van der Waals surface area contributed by atoms with Gasteiger partial charge in [-0.1, -0.05) is 6.07 Å². The third-order valence-corrected chi connectivity index (χ3v) is 7.19. The zero-order valence-electron chi connectivity index (χ0n) is 17.3. The first kappa shape index (κ1) is 20.6. The fourth-order valence-corrected chi connectivity index (χ4v) is 5.19. The van der Waals surface area contributed by atoms with E-state index in [4.69, 9.17) is 13.9 Å². The van der Waals surface area contributed by atoms with Gasteiger partial charge in [-0.3, -0.25) is 4.90 Å². The van der Waals surface area contributed by atoms with Crippen LogP contribution in [0.5, 0.6) is 11.5 Å². The number of ether oxygens (including phenoxy) is 2. The van der Waals surface area contributed by atoms with E-state index >= 15 is 0 Å². The van der Waals surface area contributed by atoms with Gasteiger partial charge >= 0.3 is 0 Å². The molecule has 2 heterocycles. The van der Waals surface area contributed by atoms with E-state index in [9.17, 15) is 8.42 Å². The van der Waals surface area contributed by atoms with Gasteiger partial charge in [-0.15, -0.1) is 0 Å². The van der Waals surface area contributed by atoms with E-state index in [2.05, 4.69) is 9.88 Å². The van der Waals surface area contributed by atoms with Gasteiger partial charge in [-0.2, -0.15) is 4.31 Å². The highest BCUT2D eigenvalue weighted by Gasteiger charge is 2.31. The highest BCUT2D eigenvalue weighted by atomic mass is 32.2. The van der Waals surface area contributed by atoms with Crippen molar-refractivity contribution < 1.29 is 22.3 Å². The maximum absolute atomic E-state index is 13.2. The average molecular weight is 432 g/mol. The van der Waals surface area contributed by atoms with E-state index in [-0.39, 0.29) is 4.90 Å². The van der Waals surface area contributed by atoms with Gasteiger partial charge in [-0.05, 0) is 36.8 Å². The van der Waals surface area contributed by atoms with E-state index in [0.717, 1.165) is 16.7 Å². The summed E-state index contributed by atoms with van der Waals surface area (Å²) in [7, 11) is -0.733. The SMILES string of the molecule is COc1ccc(OC)c(S(=O)(=O)N2CCN(Cc3nc4cc(C)ccc4o3)CC2)c1. The molecule has 0 unspecified atom stereocenters. The van der Waals surface area contributed by atoms with Crippen molar-refractivity contribution in [3.63, 3.8) is 0 Å². The zero-order valence-corrected chi connectivity index (χ0v) is 18.1. The summed E-state index contributed by atoms with van der Waals surface area (Å²) in [6.45, 7) is 4.49. The molecule has 0 aliphatic carbocycles. The molecule has 9 heteroatoms. The molecule has 0 radical (unpaired) electrons. The Morgan fingerprint density at radius 1 is 1.03 bits per heavy atom. The van der Waals surface area contributed by atoms with Gasteiger partial charge in [0.15, 0.2) is 5.58 Å². The normalized spacial score (nSPS) is 16.1. The van der Waals surface area contributed by atoms with Gasteiger partial charge in [0.05, 0.1) is 20.8 Å². The monoisotopic (exact) mass is 431 g/mol. The Morgan fingerprint density at radius 3 is 2.50 bits per heavy atom. The minimum atomic E-state index is -3.70. The molecule has 1 fully saturated rings. The molecule has 0 amide bonds. The van der Waals surface area contributed by atoms with Crippen LogP contribution in [-0.2, 0) is 16.6 Å². The quantitative estimate of drug-likeness (QED) is 0.593. The standard InChI is InChI=1S/C21H25N3O5S/c1-15-4-6-18-17(12-15)22-21(29-18)14-23-8-10-24(11-9-23)30(25,26)20-13-16(27-2)5-7-19(20)28-3/h4-7,12-13H,8-11,14H2,1-3H3. The smallest absolute Gasteiger partial charge is 0.246 e. The first-order valence-corrected chi connectivity index (χ1v) is 11.2. The summed E-state index contributed by atoms with van der Waals surface area (Å²) >= 11 is 0. The van der Waals surface area contributed by atoms with Crippen molar-refractivity contribution in [3.8, 4) is 11.5 Å². The Labute approximate surface area is 176 Å². The van der Waals surface area contributed by atoms with E-state index in [1.807, 2.05) is 25.1 Å². The largest absolute Gasteiger partial charge is 0.497 e. The number of benzene rings is 2. The molecular formula is C21H25N3O5S. The molecule has 3 aromatic rings. The zero-order chi connectivity index (χ0) is 21.3. The number of piperazine rings is 1. The van der Waals surface area contributed by atoms with Crippen LogP contribution < -0.4 is 9.47 Å². The first-order valence-electron chi connectivity index (χ1n) is 9.71. The molecule has 1 aromatic heterocycles. The molecule has 1 aliphatic heterocycles. The van der Waals surface area contributed by atoms with Gasteiger partial charge in [0.25, 0.3) is 0 Å². The number of sulfonamides is 1. The topological polar surface area (TPSA) is 85.1 Å². The fraction of sp³-hybridized carbons (Fsp3) is 0.381. The summed E-state index contributed by atoms with van der Waals surface area (Å²) in [4.78, 5) is 6.82. The van der Waals surface area contributed by atoms with E-state index in [1.54, 1.807) is 12.1 Å². The van der Waals surface area contributed by atoms with Crippen molar-refractivity contribution in [2.45, 2.75) is 18.4 Å². The number of hydrogen-bond acceptors (Lipinski definition) is 7. The highest BCUT2D eigenvalue weighted by Crippen LogP contribution is 2.31. The van der Waals surface area contributed by atoms with Gasteiger partial charge in [0, 0.05) is 32.2 Å². The highest BCUT2D eigenvalue weighted by molar-refractivity contribution is 7.89. The molecule has 160 valence electrons. The first-order chi connectivity index (χ1) is 14.4. The van der Waals surface area contributed by atoms with Crippen LogP contribution in [-0.4, -0.2) is 63.0 Å². The molecule has 0 bridgehead atoms. The second-order valence-electron chi connectivity index (χ2n) is 7.28. The average Bonchev–Trinajstić information content (AvgIpc) is 3.14. The van der Waals surface area contributed by atoms with Crippen LogP contribution in [0.2, 0.25) is 0 Å². The van der Waals surface area contributed by atoms with Crippen LogP contribution >= 0.6 is 0 Å². The number of aryl methyl sites for hydroxylation is 1. The predicted octanol–water partition coefficient (Wildman–Crippen LogP) is 2.66. The van der Waals surface area contributed by atoms with Crippen LogP contribution in [0.4, 0.5) is 0 Å². The summed E-state index contributed by atoms with van der Waals surface area (Å²) < 4.78 is 44.1. The number of rotatable bonds is 6. The number of hydrogen-bond donors (Lipinski definition) is 0. The van der Waals surface area contributed by atoms with E-state index in [0.29, 0.717) is 50.1 Å². The molecule has 2 aromatic carbocycles. The van der Waals surface area contributed by atoms with Gasteiger partial charge in [0.2, 0.25) is 15.9 Å². The second-order valence-corrected chi connectivity index (χ2v) is 9.18. The summed E-state index contributed by atoms with van der Waals surface area (Å²) in [6.07, 6.45) is 0. The molecule has 0 atom stereocenters. The molecule has 1 saturated heterocycles. The summed E-state index contributed by atoms with van der Waals surface area (Å²) in [5.41, 5.74) is 2.74. The maximum Gasteiger partial charge on any atom is 0.246 e. The summed E-state index contributed by atoms with van der Waals surface area (Å²) in [5, 5.41) is 0. The van der Waals surface area contributed by atoms with Crippen molar-refractivity contribution in [3.05, 3.63) is 47.9 Å². The summed E-state index contributed by atoms with van der Waals surface area (Å²) in [6, 6.07) is 10.7. The predicted molar refractivity (Wildman–Crippen MR) is 112 cm³/mol. The molecular weight excluding hydrogens is 406 g/mol. The van der Waals surface area contributed by atoms with E-state index < -0.39 is 10.0 Å². The van der Waals surface area contributed by atoms with Crippen molar-refractivity contribution in [2.24, 2.45) is 0 Å². The fourth-order valence-electron chi connectivity index (χ4n) is 3.60. The number of aromatic nitrogens is 1. The van der Waals surface area contributed by atoms with Crippen LogP contribution in [0.1, 0.15) is 11.5 Å². The second kappa shape index (κ2) is 8.25. The Morgan fingerprint density at radius 2 is 1.80 bits per heavy atom. The molecule has 8 nitrogen and oxygen atoms in total. The Bertz CT molecular complexity index is 1150. The number of nitrogens with zero attached hydrogens (tertiary/aromatic N) is 3. The molecule has 0 saturated carbocycles. The van der Waals surface area contributed by atoms with Crippen LogP contribution in [0, 0.1) is 6.92 Å². The minimum absolute atomic E-state index is 0.118. The molecule has 1 aliphatic rings. The number of oxazole rings is 1. The number of methoxy groups -OCH3 is 2. The lowest BCUT2D eigenvalue weighted by atomic mass is 10.2. The van der Waals surface area contributed by atoms with Crippen LogP contribution in [0.25, 0.3) is 11.1 Å². The van der Waals surface area contributed by atoms with Crippen molar-refractivity contribution in [1.82, 2.24) is 14.2 Å². The Hall–Kier alpha value is -2.62. The molecule has 4 rings (SSSR count). The molecule has 0 spiro atoms. The lowest BCUT2D eigenvalue weighted by Crippen LogP contribution is -2.48. The maximum atomic E-state index is 13.2. The Kier molecular flexibility index (Phi) is 5.68. The van der Waals surface area contributed by atoms with Crippen LogP contribution in [0.3, 0.4) is 0 Å². The van der Waals surface area contributed by atoms with Gasteiger partial charge in [0.1, 0.15) is 21.9 Å². The van der Waals surface area contributed by atoms with Crippen molar-refractivity contribution in [2.75, 3.05) is 40.4 Å². The minimum Gasteiger partial charge on any atom is -0.497 e. The summed E-state index contributed by atoms with van der Waals surface area (Å²) in [5.74, 6) is 1.42. The third-order valence-electron chi connectivity index (χ3n) is 5.27. The van der Waals surface area contributed by atoms with Gasteiger partial charge < -0.3 is 13.9 Å². The van der Waals surface area contributed by atoms with Crippen LogP contribution in [0.15, 0.2) is 45.7 Å². The molecule has 30 heavy (non-hydrogen) atoms.